The van der Waals surface area contributed by atoms with Gasteiger partial charge in [-0.1, -0.05) is 54.6 Å². The van der Waals surface area contributed by atoms with Gasteiger partial charge in [0.2, 0.25) is 0 Å². The van der Waals surface area contributed by atoms with E-state index in [1.54, 1.807) is 0 Å². The topological polar surface area (TPSA) is 46.2 Å². The molecule has 0 bridgehead atoms. The zero-order valence-electron chi connectivity index (χ0n) is 12.1. The summed E-state index contributed by atoms with van der Waals surface area (Å²) >= 11 is 0. The van der Waals surface area contributed by atoms with E-state index in [0.29, 0.717) is 5.57 Å². The molecule has 0 aromatic heterocycles. The maximum absolute atomic E-state index is 12.0. The number of amides is 2. The molecule has 0 radical (unpaired) electrons. The van der Waals surface area contributed by atoms with Gasteiger partial charge in [-0.05, 0) is 37.9 Å². The number of imide groups is 1. The van der Waals surface area contributed by atoms with Crippen molar-refractivity contribution in [3.63, 3.8) is 0 Å². The highest BCUT2D eigenvalue weighted by Crippen LogP contribution is 2.38. The van der Waals surface area contributed by atoms with E-state index in [1.807, 2.05) is 24.3 Å². The first-order valence-electron chi connectivity index (χ1n) is 7.46. The average Bonchev–Trinajstić information content (AvgIpc) is 2.91. The second kappa shape index (κ2) is 4.17. The second-order valence-electron chi connectivity index (χ2n) is 5.85. The summed E-state index contributed by atoms with van der Waals surface area (Å²) in [6, 6.07) is 18.5. The molecule has 1 aliphatic rings. The molecule has 0 saturated heterocycles. The van der Waals surface area contributed by atoms with Crippen LogP contribution in [0.3, 0.4) is 0 Å². The van der Waals surface area contributed by atoms with Crippen LogP contribution >= 0.6 is 0 Å². The predicted octanol–water partition coefficient (Wildman–Crippen LogP) is 3.62. The van der Waals surface area contributed by atoms with Gasteiger partial charge in [0.1, 0.15) is 0 Å². The van der Waals surface area contributed by atoms with E-state index in [9.17, 15) is 9.59 Å². The normalized spacial score (nSPS) is 14.9. The van der Waals surface area contributed by atoms with Crippen LogP contribution in [0.25, 0.3) is 37.9 Å². The average molecular weight is 297 g/mol. The van der Waals surface area contributed by atoms with Gasteiger partial charge in [-0.25, -0.2) is 0 Å². The minimum Gasteiger partial charge on any atom is -0.289 e. The molecule has 23 heavy (non-hydrogen) atoms. The van der Waals surface area contributed by atoms with Crippen molar-refractivity contribution < 1.29 is 9.59 Å². The Kier molecular flexibility index (Phi) is 2.24. The SMILES string of the molecule is O=C1C=C(c2ccc3ccc4cccc5ccc2c3c45)C(=O)N1. The molecule has 0 unspecified atom stereocenters. The van der Waals surface area contributed by atoms with Gasteiger partial charge in [0.15, 0.2) is 0 Å². The lowest BCUT2D eigenvalue weighted by molar-refractivity contribution is -0.123. The third-order valence-corrected chi connectivity index (χ3v) is 4.58. The van der Waals surface area contributed by atoms with Crippen molar-refractivity contribution in [1.29, 1.82) is 0 Å². The van der Waals surface area contributed by atoms with Crippen LogP contribution in [0.4, 0.5) is 0 Å². The minimum atomic E-state index is -0.351. The fourth-order valence-electron chi connectivity index (χ4n) is 3.58. The van der Waals surface area contributed by atoms with E-state index in [0.717, 1.165) is 21.7 Å². The summed E-state index contributed by atoms with van der Waals surface area (Å²) in [6.45, 7) is 0. The fraction of sp³-hybridized carbons (Fsp3) is 0. The van der Waals surface area contributed by atoms with Crippen LogP contribution in [-0.4, -0.2) is 11.8 Å². The molecule has 0 saturated carbocycles. The monoisotopic (exact) mass is 297 g/mol. The number of benzene rings is 4. The van der Waals surface area contributed by atoms with E-state index in [4.69, 9.17) is 0 Å². The predicted molar refractivity (Wildman–Crippen MR) is 91.3 cm³/mol. The maximum atomic E-state index is 12.0. The van der Waals surface area contributed by atoms with Crippen molar-refractivity contribution >= 4 is 49.7 Å². The van der Waals surface area contributed by atoms with Gasteiger partial charge in [0.05, 0.1) is 5.57 Å². The van der Waals surface area contributed by atoms with Gasteiger partial charge in [0, 0.05) is 6.08 Å². The van der Waals surface area contributed by atoms with Crippen LogP contribution < -0.4 is 5.32 Å². The van der Waals surface area contributed by atoms with Crippen molar-refractivity contribution in [2.75, 3.05) is 0 Å². The van der Waals surface area contributed by atoms with Gasteiger partial charge < -0.3 is 0 Å². The van der Waals surface area contributed by atoms with Crippen molar-refractivity contribution in [2.45, 2.75) is 0 Å². The van der Waals surface area contributed by atoms with Crippen molar-refractivity contribution in [3.05, 3.63) is 66.2 Å². The first-order valence-corrected chi connectivity index (χ1v) is 7.46. The van der Waals surface area contributed by atoms with Crippen LogP contribution in [0.15, 0.2) is 60.7 Å². The summed E-state index contributed by atoms with van der Waals surface area (Å²) < 4.78 is 0. The third kappa shape index (κ3) is 1.59. The maximum Gasteiger partial charge on any atom is 0.258 e. The summed E-state index contributed by atoms with van der Waals surface area (Å²) in [7, 11) is 0. The fourth-order valence-corrected chi connectivity index (χ4v) is 3.58. The Morgan fingerprint density at radius 2 is 1.35 bits per heavy atom. The molecule has 1 heterocycles. The second-order valence-corrected chi connectivity index (χ2v) is 5.85. The molecule has 4 aromatic carbocycles. The molecule has 3 heteroatoms. The summed E-state index contributed by atoms with van der Waals surface area (Å²) in [5, 5.41) is 9.17. The van der Waals surface area contributed by atoms with Gasteiger partial charge >= 0.3 is 0 Å². The number of carbonyl (C=O) groups excluding carboxylic acids is 2. The van der Waals surface area contributed by atoms with Crippen LogP contribution in [-0.2, 0) is 9.59 Å². The lowest BCUT2D eigenvalue weighted by atomic mass is 9.90. The molecule has 2 amide bonds. The minimum absolute atomic E-state index is 0.329. The van der Waals surface area contributed by atoms with Crippen molar-refractivity contribution in [2.24, 2.45) is 0 Å². The Balaban J connectivity index is 1.98. The number of carbonyl (C=O) groups is 2. The highest BCUT2D eigenvalue weighted by Gasteiger charge is 2.24. The standard InChI is InChI=1S/C20H11NO2/c22-17-10-16(20(23)21-17)14-8-6-13-5-4-11-2-1-3-12-7-9-15(14)19(13)18(11)12/h1-10H,(H,21,22,23). The molecule has 0 spiro atoms. The number of nitrogens with one attached hydrogen (secondary N) is 1. The van der Waals surface area contributed by atoms with Gasteiger partial charge in [-0.2, -0.15) is 0 Å². The molecule has 0 atom stereocenters. The highest BCUT2D eigenvalue weighted by molar-refractivity contribution is 6.36. The first kappa shape index (κ1) is 12.4. The van der Waals surface area contributed by atoms with Crippen LogP contribution in [0, 0.1) is 0 Å². The summed E-state index contributed by atoms with van der Waals surface area (Å²) in [5.41, 5.74) is 1.24. The number of hydrogen-bond donors (Lipinski definition) is 1. The molecule has 108 valence electrons. The van der Waals surface area contributed by atoms with E-state index in [-0.39, 0.29) is 11.8 Å². The quantitative estimate of drug-likeness (QED) is 0.431. The summed E-state index contributed by atoms with van der Waals surface area (Å²) in [5.74, 6) is -0.680. The van der Waals surface area contributed by atoms with E-state index in [1.165, 1.54) is 22.2 Å². The number of rotatable bonds is 1. The Morgan fingerprint density at radius 1 is 0.696 bits per heavy atom. The smallest absolute Gasteiger partial charge is 0.258 e. The molecule has 0 aliphatic carbocycles. The lowest BCUT2D eigenvalue weighted by Gasteiger charge is -2.13. The molecule has 4 aromatic rings. The summed E-state index contributed by atoms with van der Waals surface area (Å²) in [6.07, 6.45) is 1.38. The third-order valence-electron chi connectivity index (χ3n) is 4.58. The van der Waals surface area contributed by atoms with Gasteiger partial charge in [-0.3, -0.25) is 14.9 Å². The molecule has 0 fully saturated rings. The Labute approximate surface area is 131 Å². The van der Waals surface area contributed by atoms with Gasteiger partial charge in [0.25, 0.3) is 11.8 Å². The zero-order valence-corrected chi connectivity index (χ0v) is 12.1. The van der Waals surface area contributed by atoms with Gasteiger partial charge in [-0.15, -0.1) is 0 Å². The van der Waals surface area contributed by atoms with Crippen molar-refractivity contribution in [1.82, 2.24) is 5.32 Å². The number of hydrogen-bond acceptors (Lipinski definition) is 2. The van der Waals surface area contributed by atoms with E-state index < -0.39 is 0 Å². The lowest BCUT2D eigenvalue weighted by Crippen LogP contribution is -2.21. The van der Waals surface area contributed by atoms with Crippen LogP contribution in [0.2, 0.25) is 0 Å². The Hall–Kier alpha value is -3.20. The zero-order chi connectivity index (χ0) is 15.6. The molecular formula is C20H11NO2. The molecule has 5 rings (SSSR count). The molecule has 1 aliphatic heterocycles. The first-order chi connectivity index (χ1) is 11.2. The molecule has 3 nitrogen and oxygen atoms in total. The Bertz CT molecular complexity index is 1150. The van der Waals surface area contributed by atoms with Crippen molar-refractivity contribution in [3.8, 4) is 0 Å². The molecular weight excluding hydrogens is 286 g/mol. The summed E-state index contributed by atoms with van der Waals surface area (Å²) in [4.78, 5) is 23.5. The highest BCUT2D eigenvalue weighted by atomic mass is 16.2. The largest absolute Gasteiger partial charge is 0.289 e. The van der Waals surface area contributed by atoms with E-state index >= 15 is 0 Å². The molecule has 1 N–H and O–H groups in total. The van der Waals surface area contributed by atoms with Crippen LogP contribution in [0.5, 0.6) is 0 Å². The van der Waals surface area contributed by atoms with Crippen LogP contribution in [0.1, 0.15) is 5.56 Å². The Morgan fingerprint density at radius 3 is 2.04 bits per heavy atom. The van der Waals surface area contributed by atoms with E-state index in [2.05, 4.69) is 35.6 Å².